The molecule has 0 bridgehead atoms. The van der Waals surface area contributed by atoms with Crippen LogP contribution >= 0.6 is 121 Å². The third-order valence-electron chi connectivity index (χ3n) is 21.4. The van der Waals surface area contributed by atoms with Crippen LogP contribution in [0.5, 0.6) is 0 Å². The van der Waals surface area contributed by atoms with Crippen LogP contribution in [0.4, 0.5) is 0 Å². The maximum absolute atomic E-state index is 9.14. The number of fused-ring (bicyclic) bond motifs is 10. The molecule has 0 aromatic carbocycles. The predicted octanol–water partition coefficient (Wildman–Crippen LogP) is 23.6. The van der Waals surface area contributed by atoms with Crippen molar-refractivity contribution in [2.75, 3.05) is 30.5 Å². The fraction of sp³-hybridized carbons (Fsp3) is 0.938. The highest BCUT2D eigenvalue weighted by Gasteiger charge is 2.61. The Balaban J connectivity index is 0. The molecule has 3 radical (unpaired) electrons. The molecule has 0 spiro atoms. The summed E-state index contributed by atoms with van der Waals surface area (Å²) in [5, 5.41) is 10.3. The molecule has 6 fully saturated rings. The highest BCUT2D eigenvalue weighted by atomic mass is 80.0. The average Bonchev–Trinajstić information content (AvgIpc) is 3.87. The maximum atomic E-state index is 9.14. The zero-order valence-corrected chi connectivity index (χ0v) is 59.0. The smallest absolute Gasteiger partial charge is 0.189 e. The summed E-state index contributed by atoms with van der Waals surface area (Å²) in [6, 6.07) is 0. The number of aliphatic hydroxyl groups excluding tert-OH is 1. The van der Waals surface area contributed by atoms with Crippen molar-refractivity contribution in [2.45, 2.75) is 253 Å². The molecule has 13 heteroatoms. The van der Waals surface area contributed by atoms with Gasteiger partial charge in [0.2, 0.25) is 0 Å². The lowest BCUT2D eigenvalue weighted by Gasteiger charge is -2.58. The minimum Gasteiger partial charge on any atom is -0.394 e. The third-order valence-corrected chi connectivity index (χ3v) is 21.7. The molecule has 0 aromatic heterocycles. The second-order valence-corrected chi connectivity index (χ2v) is 38.7. The van der Waals surface area contributed by atoms with Crippen molar-refractivity contribution in [2.24, 2.45) is 92.7 Å². The zero-order valence-electron chi connectivity index (χ0n) is 48.4. The Labute approximate surface area is 539 Å². The van der Waals surface area contributed by atoms with Gasteiger partial charge in [-0.2, -0.15) is 0 Å². The molecule has 8 aliphatic carbocycles. The summed E-state index contributed by atoms with van der Waals surface area (Å²) in [4.78, 5) is 0. The molecule has 18 atom stereocenters. The van der Waals surface area contributed by atoms with E-state index >= 15 is 0 Å². The lowest BCUT2D eigenvalue weighted by atomic mass is 9.47. The van der Waals surface area contributed by atoms with E-state index in [0.29, 0.717) is 40.5 Å². The van der Waals surface area contributed by atoms with E-state index in [2.05, 4.69) is 170 Å². The van der Waals surface area contributed by atoms with Gasteiger partial charge in [0.1, 0.15) is 0 Å². The van der Waals surface area contributed by atoms with Gasteiger partial charge in [0.05, 0.1) is 38.6 Å². The van der Waals surface area contributed by atoms with Crippen LogP contribution in [0.1, 0.15) is 240 Å². The molecule has 77 heavy (non-hydrogen) atoms. The van der Waals surface area contributed by atoms with Gasteiger partial charge in [-0.3, -0.25) is 0 Å². The Morgan fingerprint density at radius 2 is 0.974 bits per heavy atom. The van der Waals surface area contributed by atoms with E-state index in [-0.39, 0.29) is 60.0 Å². The number of rotatable bonds is 16. The van der Waals surface area contributed by atoms with E-state index < -0.39 is 0 Å². The van der Waals surface area contributed by atoms with Gasteiger partial charge in [-0.15, -0.1) is 41.0 Å². The first-order chi connectivity index (χ1) is 34.4. The molecule has 8 rings (SSSR count). The van der Waals surface area contributed by atoms with Crippen LogP contribution in [-0.2, 0) is 9.47 Å². The van der Waals surface area contributed by atoms with Gasteiger partial charge in [-0.05, 0) is 259 Å². The second-order valence-electron chi connectivity index (χ2n) is 26.0. The van der Waals surface area contributed by atoms with Crippen LogP contribution in [0.3, 0.4) is 0 Å². The summed E-state index contributed by atoms with van der Waals surface area (Å²) in [7, 11) is 2.52. The monoisotopic (exact) mass is 1480 g/mol. The van der Waals surface area contributed by atoms with E-state index in [9.17, 15) is 0 Å². The number of ether oxygens (including phenoxy) is 2. The molecule has 1 N–H and O–H groups in total. The summed E-state index contributed by atoms with van der Waals surface area (Å²) < 4.78 is 18.0. The van der Waals surface area contributed by atoms with Crippen molar-refractivity contribution in [3.8, 4) is 0 Å². The molecule has 0 amide bonds. The van der Waals surface area contributed by atoms with Crippen LogP contribution in [0, 0.1) is 92.7 Å². The van der Waals surface area contributed by atoms with Gasteiger partial charge in [0.25, 0.3) is 0 Å². The molecule has 0 heterocycles. The van der Waals surface area contributed by atoms with Gasteiger partial charge in [0.15, 0.2) is 1.05 Å². The molecule has 2 unspecified atom stereocenters. The summed E-state index contributed by atoms with van der Waals surface area (Å²) in [5.41, 5.74) is 5.52. The summed E-state index contributed by atoms with van der Waals surface area (Å²) in [5.74, 6) is 11.0. The van der Waals surface area contributed by atoms with Crippen molar-refractivity contribution < 1.29 is 14.6 Å². The number of aliphatic hydroxyl groups is 1. The highest BCUT2D eigenvalue weighted by Crippen LogP contribution is 2.69. The fourth-order valence-electron chi connectivity index (χ4n) is 18.0. The Morgan fingerprint density at radius 1 is 0.623 bits per heavy atom. The van der Waals surface area contributed by atoms with Crippen molar-refractivity contribution in [3.63, 3.8) is 0 Å². The van der Waals surface area contributed by atoms with Gasteiger partial charge in [0, 0.05) is 13.7 Å². The van der Waals surface area contributed by atoms with Crippen LogP contribution in [0.15, 0.2) is 23.3 Å². The normalized spacial score (nSPS) is 36.2. The van der Waals surface area contributed by atoms with E-state index in [1.807, 2.05) is 0 Å². The van der Waals surface area contributed by atoms with Gasteiger partial charge in [-0.1, -0.05) is 177 Å². The molecule has 8 aliphatic rings. The molecule has 0 saturated heterocycles. The molecule has 0 aliphatic heterocycles. The zero-order chi connectivity index (χ0) is 54.4. The lowest BCUT2D eigenvalue weighted by molar-refractivity contribution is -0.0658. The van der Waals surface area contributed by atoms with Crippen LogP contribution in [0.2, 0.25) is 0 Å². The first-order valence-electron chi connectivity index (χ1n) is 29.5. The number of allylic oxidation sites excluding steroid dienone is 2. The van der Waals surface area contributed by atoms with Gasteiger partial charge < -0.3 is 14.6 Å². The minimum absolute atomic E-state index is 0. The SMILES string of the molecule is BrC(Br)(Br)Br.C.C.C.C.CC(C)CCC[C@@H](C)[C@H]1CC[C@H]2[C@@H]3CC=C4C[C@@H](OCCBr)CC[C@]4(C)[C@H]3CC[C@]12C.CC(C)CCC[C@@H](C)[C@H]1CC[C@H]2[C@@H]3CC=C4C[C@@H](OCCO)CC[C@]4(C)[C@H]3CC[C@]12C.ClCCl.[3H]PP.[B]. The van der Waals surface area contributed by atoms with Crippen molar-refractivity contribution in [1.82, 2.24) is 0 Å². The standard InChI is InChI=1S/C29H49BrO.C29H50O2.CBr4.CH2Cl2.4CH4.B.H4P2/c2*1-20(2)7-6-8-21(3)25-11-12-26-24-10-9-22-19-23(31-18-17-30)13-15-28(22,4)27(24)14-16-29(25,26)5;2-1(3,4)5;2-1-3;;;;;;1-2/h9,20-21,23-27H,6-8,10-19H2,1-5H3;9,20-21,23-27,30H,6-8,10-19H2,1-5H3;;1H2;4*1H4;;1-2H2/t2*21-,23+,24+,25-,26+,27+,28+,29-;;;;;;;;/m11......../s1/i;;;;;;;;;1T. The summed E-state index contributed by atoms with van der Waals surface area (Å²) >= 11 is 25.6. The minimum atomic E-state index is -0.250. The van der Waals surface area contributed by atoms with E-state index in [1.54, 1.807) is 11.1 Å². The number of hydrogen-bond acceptors (Lipinski definition) is 3. The first-order valence-corrected chi connectivity index (χ1v) is 36.6. The summed E-state index contributed by atoms with van der Waals surface area (Å²) in [6.07, 6.45) is 36.6. The van der Waals surface area contributed by atoms with Crippen molar-refractivity contribution >= 4 is 129 Å². The maximum Gasteiger partial charge on any atom is 0.189 e. The second kappa shape index (κ2) is 38.5. The summed E-state index contributed by atoms with van der Waals surface area (Å²) in [6.45, 7) is 26.8. The highest BCUT2D eigenvalue weighted by molar-refractivity contribution is 9.52. The number of halogens is 7. The van der Waals surface area contributed by atoms with E-state index in [4.69, 9.17) is 39.1 Å². The molecular formula is C64H121BBr5Cl2O3P2. The largest absolute Gasteiger partial charge is 0.394 e. The Kier molecular flexibility index (Phi) is 40.2. The topological polar surface area (TPSA) is 38.7 Å². The Morgan fingerprint density at radius 3 is 1.30 bits per heavy atom. The lowest BCUT2D eigenvalue weighted by Crippen LogP contribution is -2.51. The van der Waals surface area contributed by atoms with Crippen LogP contribution in [-0.4, -0.2) is 58.5 Å². The number of alkyl halides is 7. The van der Waals surface area contributed by atoms with Gasteiger partial charge in [-0.25, -0.2) is 0 Å². The first kappa shape index (κ1) is 80.3. The third kappa shape index (κ3) is 21.8. The molecule has 3 nitrogen and oxygen atoms in total. The molecule has 6 saturated carbocycles. The van der Waals surface area contributed by atoms with E-state index in [1.165, 1.54) is 135 Å². The van der Waals surface area contributed by atoms with Crippen molar-refractivity contribution in [1.29, 1.82) is 1.28 Å². The average molecular weight is 1480 g/mol. The van der Waals surface area contributed by atoms with Crippen LogP contribution < -0.4 is 0 Å². The predicted molar refractivity (Wildman–Crippen MR) is 374 cm³/mol. The van der Waals surface area contributed by atoms with Crippen molar-refractivity contribution in [3.05, 3.63) is 23.3 Å². The number of hydrogen-bond donors (Lipinski definition) is 1. The molecule has 457 valence electrons. The quantitative estimate of drug-likeness (QED) is 0.0724. The van der Waals surface area contributed by atoms with E-state index in [0.717, 1.165) is 89.4 Å². The molecular weight excluding hydrogens is 1360 g/mol. The Hall–Kier alpha value is 3.26. The van der Waals surface area contributed by atoms with Gasteiger partial charge >= 0.3 is 0 Å². The molecule has 0 aromatic rings. The Bertz CT molecular complexity index is 1570. The van der Waals surface area contributed by atoms with Crippen LogP contribution in [0.25, 0.3) is 0 Å². The fourth-order valence-corrected chi connectivity index (χ4v) is 18.2.